The molecule has 2 atom stereocenters. The summed E-state index contributed by atoms with van der Waals surface area (Å²) in [5, 5.41) is 14.6. The predicted molar refractivity (Wildman–Crippen MR) is 93.3 cm³/mol. The van der Waals surface area contributed by atoms with Crippen molar-refractivity contribution in [3.8, 4) is 5.69 Å². The van der Waals surface area contributed by atoms with Crippen LogP contribution in [0.25, 0.3) is 5.69 Å². The molecule has 5 nitrogen and oxygen atoms in total. The standard InChI is InChI=1S/C19H25N3O2/c1-13(2)17-11-16(20-22(17)15-7-5-4-6-8-15)19(24)21-10-9-14(3)18(23)12-21/h4-8,11,13-14,18,23H,9-10,12H2,1-3H3. The monoisotopic (exact) mass is 327 g/mol. The van der Waals surface area contributed by atoms with Crippen molar-refractivity contribution in [1.82, 2.24) is 14.7 Å². The van der Waals surface area contributed by atoms with Gasteiger partial charge in [-0.15, -0.1) is 0 Å². The number of aromatic nitrogens is 2. The van der Waals surface area contributed by atoms with Gasteiger partial charge in [-0.05, 0) is 36.5 Å². The highest BCUT2D eigenvalue weighted by Crippen LogP contribution is 2.23. The van der Waals surface area contributed by atoms with Crippen LogP contribution in [0.3, 0.4) is 0 Å². The van der Waals surface area contributed by atoms with E-state index in [-0.39, 0.29) is 17.7 Å². The predicted octanol–water partition coefficient (Wildman–Crippen LogP) is 2.84. The molecule has 2 heterocycles. The molecule has 1 aromatic carbocycles. The maximum Gasteiger partial charge on any atom is 0.274 e. The highest BCUT2D eigenvalue weighted by molar-refractivity contribution is 5.92. The molecule has 1 N–H and O–H groups in total. The number of piperidine rings is 1. The first-order chi connectivity index (χ1) is 11.5. The fourth-order valence-corrected chi connectivity index (χ4v) is 3.08. The van der Waals surface area contributed by atoms with E-state index in [1.54, 1.807) is 4.90 Å². The van der Waals surface area contributed by atoms with E-state index in [1.807, 2.05) is 48.0 Å². The second kappa shape index (κ2) is 6.77. The third-order valence-corrected chi connectivity index (χ3v) is 4.75. The quantitative estimate of drug-likeness (QED) is 0.943. The summed E-state index contributed by atoms with van der Waals surface area (Å²) in [5.41, 5.74) is 2.41. The van der Waals surface area contributed by atoms with Gasteiger partial charge in [-0.3, -0.25) is 4.79 Å². The van der Waals surface area contributed by atoms with Gasteiger partial charge >= 0.3 is 0 Å². The number of likely N-dealkylation sites (tertiary alicyclic amines) is 1. The number of carbonyl (C=O) groups excluding carboxylic acids is 1. The van der Waals surface area contributed by atoms with Crippen molar-refractivity contribution in [3.63, 3.8) is 0 Å². The second-order valence-corrected chi connectivity index (χ2v) is 6.94. The normalized spacial score (nSPS) is 21.3. The summed E-state index contributed by atoms with van der Waals surface area (Å²) in [6.07, 6.45) is 0.368. The summed E-state index contributed by atoms with van der Waals surface area (Å²) in [4.78, 5) is 14.5. The van der Waals surface area contributed by atoms with E-state index in [9.17, 15) is 9.90 Å². The van der Waals surface area contributed by atoms with Crippen molar-refractivity contribution in [3.05, 3.63) is 47.8 Å². The Balaban J connectivity index is 1.90. The molecule has 1 amide bonds. The fourth-order valence-electron chi connectivity index (χ4n) is 3.08. The van der Waals surface area contributed by atoms with E-state index in [4.69, 9.17) is 0 Å². The molecule has 1 fully saturated rings. The number of β-amino-alcohol motifs (C(OH)–C–C–N with tert-alkyl or cyclic N) is 1. The van der Waals surface area contributed by atoms with Crippen LogP contribution in [0.15, 0.2) is 36.4 Å². The molecule has 1 saturated heterocycles. The molecular weight excluding hydrogens is 302 g/mol. The van der Waals surface area contributed by atoms with Crippen LogP contribution in [0, 0.1) is 5.92 Å². The topological polar surface area (TPSA) is 58.4 Å². The average molecular weight is 327 g/mol. The zero-order valence-corrected chi connectivity index (χ0v) is 14.5. The van der Waals surface area contributed by atoms with Crippen LogP contribution in [-0.2, 0) is 0 Å². The van der Waals surface area contributed by atoms with E-state index in [1.165, 1.54) is 0 Å². The number of hydrogen-bond donors (Lipinski definition) is 1. The van der Waals surface area contributed by atoms with Crippen LogP contribution in [0.5, 0.6) is 0 Å². The van der Waals surface area contributed by atoms with E-state index >= 15 is 0 Å². The van der Waals surface area contributed by atoms with Crippen LogP contribution in [0.4, 0.5) is 0 Å². The molecule has 3 rings (SSSR count). The largest absolute Gasteiger partial charge is 0.391 e. The minimum Gasteiger partial charge on any atom is -0.391 e. The van der Waals surface area contributed by atoms with Gasteiger partial charge in [0.1, 0.15) is 0 Å². The lowest BCUT2D eigenvalue weighted by Gasteiger charge is -2.33. The lowest BCUT2D eigenvalue weighted by Crippen LogP contribution is -2.45. The Labute approximate surface area is 142 Å². The van der Waals surface area contributed by atoms with E-state index in [0.717, 1.165) is 17.8 Å². The van der Waals surface area contributed by atoms with Crippen molar-refractivity contribution in [2.75, 3.05) is 13.1 Å². The minimum atomic E-state index is -0.455. The van der Waals surface area contributed by atoms with Crippen molar-refractivity contribution in [2.45, 2.75) is 39.2 Å². The average Bonchev–Trinajstić information content (AvgIpc) is 3.03. The third kappa shape index (κ3) is 3.22. The molecule has 1 aliphatic heterocycles. The molecule has 2 unspecified atom stereocenters. The first-order valence-corrected chi connectivity index (χ1v) is 8.60. The Kier molecular flexibility index (Phi) is 4.71. The maximum atomic E-state index is 12.8. The highest BCUT2D eigenvalue weighted by Gasteiger charge is 2.29. The molecule has 1 aromatic heterocycles. The van der Waals surface area contributed by atoms with Gasteiger partial charge in [-0.2, -0.15) is 5.10 Å². The lowest BCUT2D eigenvalue weighted by atomic mass is 9.96. The van der Waals surface area contributed by atoms with E-state index in [0.29, 0.717) is 18.8 Å². The highest BCUT2D eigenvalue weighted by atomic mass is 16.3. The van der Waals surface area contributed by atoms with Gasteiger partial charge in [0.25, 0.3) is 5.91 Å². The summed E-state index contributed by atoms with van der Waals surface area (Å²) in [5.74, 6) is 0.394. The number of aliphatic hydroxyl groups is 1. The Morgan fingerprint density at radius 2 is 2.00 bits per heavy atom. The molecule has 24 heavy (non-hydrogen) atoms. The number of rotatable bonds is 3. The summed E-state index contributed by atoms with van der Waals surface area (Å²) < 4.78 is 1.85. The van der Waals surface area contributed by atoms with Gasteiger partial charge in [0.05, 0.1) is 11.8 Å². The van der Waals surface area contributed by atoms with Crippen molar-refractivity contribution < 1.29 is 9.90 Å². The first-order valence-electron chi connectivity index (χ1n) is 8.60. The molecule has 0 saturated carbocycles. The SMILES string of the molecule is CC(C)c1cc(C(=O)N2CCC(C)C(O)C2)nn1-c1ccccc1. The van der Waals surface area contributed by atoms with Crippen LogP contribution >= 0.6 is 0 Å². The Bertz CT molecular complexity index is 709. The minimum absolute atomic E-state index is 0.0995. The summed E-state index contributed by atoms with van der Waals surface area (Å²) >= 11 is 0. The Morgan fingerprint density at radius 3 is 2.62 bits per heavy atom. The van der Waals surface area contributed by atoms with Gasteiger partial charge < -0.3 is 10.0 Å². The zero-order chi connectivity index (χ0) is 17.3. The van der Waals surface area contributed by atoms with Crippen LogP contribution in [-0.4, -0.2) is 44.9 Å². The number of para-hydroxylation sites is 1. The second-order valence-electron chi connectivity index (χ2n) is 6.94. The number of carbonyl (C=O) groups is 1. The maximum absolute atomic E-state index is 12.8. The molecule has 0 radical (unpaired) electrons. The van der Waals surface area contributed by atoms with E-state index in [2.05, 4.69) is 18.9 Å². The molecule has 2 aromatic rings. The number of hydrogen-bond acceptors (Lipinski definition) is 3. The van der Waals surface area contributed by atoms with Crippen molar-refractivity contribution in [2.24, 2.45) is 5.92 Å². The number of benzene rings is 1. The molecule has 0 aliphatic carbocycles. The number of nitrogens with zero attached hydrogens (tertiary/aromatic N) is 3. The summed E-state index contributed by atoms with van der Waals surface area (Å²) in [6, 6.07) is 11.7. The van der Waals surface area contributed by atoms with Gasteiger partial charge in [0.15, 0.2) is 5.69 Å². The molecule has 0 spiro atoms. The zero-order valence-electron chi connectivity index (χ0n) is 14.5. The van der Waals surface area contributed by atoms with Crippen LogP contribution in [0.1, 0.15) is 49.3 Å². The summed E-state index contributed by atoms with van der Waals surface area (Å²) in [7, 11) is 0. The van der Waals surface area contributed by atoms with Crippen molar-refractivity contribution >= 4 is 5.91 Å². The Morgan fingerprint density at radius 1 is 1.29 bits per heavy atom. The van der Waals surface area contributed by atoms with Gasteiger partial charge in [0.2, 0.25) is 0 Å². The lowest BCUT2D eigenvalue weighted by molar-refractivity contribution is 0.0245. The van der Waals surface area contributed by atoms with Gasteiger partial charge in [-0.1, -0.05) is 39.0 Å². The number of aliphatic hydroxyl groups excluding tert-OH is 1. The number of amides is 1. The summed E-state index contributed by atoms with van der Waals surface area (Å²) in [6.45, 7) is 7.27. The third-order valence-electron chi connectivity index (χ3n) is 4.75. The molecule has 5 heteroatoms. The van der Waals surface area contributed by atoms with Crippen molar-refractivity contribution in [1.29, 1.82) is 0 Å². The van der Waals surface area contributed by atoms with E-state index < -0.39 is 6.10 Å². The Hall–Kier alpha value is -2.14. The first kappa shape index (κ1) is 16.7. The van der Waals surface area contributed by atoms with Crippen LogP contribution in [0.2, 0.25) is 0 Å². The fraction of sp³-hybridized carbons (Fsp3) is 0.474. The molecule has 1 aliphatic rings. The molecular formula is C19H25N3O2. The molecule has 0 bridgehead atoms. The smallest absolute Gasteiger partial charge is 0.274 e. The van der Waals surface area contributed by atoms with Gasteiger partial charge in [0, 0.05) is 18.8 Å². The van der Waals surface area contributed by atoms with Crippen LogP contribution < -0.4 is 0 Å². The molecule has 128 valence electrons. The van der Waals surface area contributed by atoms with Gasteiger partial charge in [-0.25, -0.2) is 4.68 Å².